The Hall–Kier alpha value is -1.74. The molecule has 1 aliphatic carbocycles. The Labute approximate surface area is 155 Å². The van der Waals surface area contributed by atoms with Crippen LogP contribution in [0.25, 0.3) is 0 Å². The number of hydrogen-bond donors (Lipinski definition) is 0. The molecular weight excluding hydrogens is 332 g/mol. The van der Waals surface area contributed by atoms with Crippen molar-refractivity contribution in [3.05, 3.63) is 58.9 Å². The van der Waals surface area contributed by atoms with E-state index in [-0.39, 0.29) is 5.91 Å². The van der Waals surface area contributed by atoms with Crippen molar-refractivity contribution >= 4 is 17.5 Å². The molecule has 25 heavy (non-hydrogen) atoms. The molecule has 0 spiro atoms. The molecule has 3 nitrogen and oxygen atoms in total. The molecule has 1 aromatic heterocycles. The molecule has 1 aromatic carbocycles. The van der Waals surface area contributed by atoms with Gasteiger partial charge in [-0.05, 0) is 36.6 Å². The molecule has 2 aromatic rings. The summed E-state index contributed by atoms with van der Waals surface area (Å²) >= 11 is 6.32. The van der Waals surface area contributed by atoms with Gasteiger partial charge in [-0.25, -0.2) is 0 Å². The molecule has 1 amide bonds. The van der Waals surface area contributed by atoms with E-state index >= 15 is 0 Å². The summed E-state index contributed by atoms with van der Waals surface area (Å²) in [5.41, 5.74) is 2.28. The minimum atomic E-state index is 0.261. The molecule has 0 N–H and O–H groups in total. The number of nitrogens with zero attached hydrogens (tertiary/aromatic N) is 2. The van der Waals surface area contributed by atoms with Gasteiger partial charge in [0.15, 0.2) is 0 Å². The minimum Gasteiger partial charge on any atom is -0.345 e. The van der Waals surface area contributed by atoms with E-state index in [2.05, 4.69) is 33.9 Å². The van der Waals surface area contributed by atoms with Gasteiger partial charge < -0.3 is 9.47 Å². The van der Waals surface area contributed by atoms with Crippen molar-refractivity contribution in [2.24, 2.45) is 0 Å². The Bertz CT molecular complexity index is 703. The van der Waals surface area contributed by atoms with Gasteiger partial charge in [0.05, 0.1) is 6.54 Å². The normalized spacial score (nSPS) is 15.3. The SMILES string of the molecule is CCC(=O)N(Cc1cccn1Cc1ccccc1Cl)C1CCCCC1. The molecule has 134 valence electrons. The topological polar surface area (TPSA) is 25.2 Å². The Balaban J connectivity index is 1.77. The predicted molar refractivity (Wildman–Crippen MR) is 103 cm³/mol. The highest BCUT2D eigenvalue weighted by molar-refractivity contribution is 6.31. The number of carbonyl (C=O) groups excluding carboxylic acids is 1. The van der Waals surface area contributed by atoms with Gasteiger partial charge in [0, 0.05) is 35.9 Å². The first kappa shape index (κ1) is 18.1. The molecule has 0 radical (unpaired) electrons. The zero-order valence-corrected chi connectivity index (χ0v) is 15.7. The van der Waals surface area contributed by atoms with Crippen molar-refractivity contribution in [1.29, 1.82) is 0 Å². The second-order valence-corrected chi connectivity index (χ2v) is 7.29. The first-order valence-corrected chi connectivity index (χ1v) is 9.73. The number of aromatic nitrogens is 1. The molecule has 0 unspecified atom stereocenters. The second kappa shape index (κ2) is 8.57. The molecule has 0 saturated heterocycles. The summed E-state index contributed by atoms with van der Waals surface area (Å²) in [6.07, 6.45) is 8.69. The molecule has 1 aliphatic rings. The lowest BCUT2D eigenvalue weighted by molar-refractivity contribution is -0.134. The number of halogens is 1. The lowest BCUT2D eigenvalue weighted by Gasteiger charge is -2.34. The summed E-state index contributed by atoms with van der Waals surface area (Å²) < 4.78 is 2.21. The van der Waals surface area contributed by atoms with Gasteiger partial charge in [-0.3, -0.25) is 4.79 Å². The highest BCUT2D eigenvalue weighted by atomic mass is 35.5. The van der Waals surface area contributed by atoms with E-state index in [9.17, 15) is 4.79 Å². The van der Waals surface area contributed by atoms with E-state index in [0.717, 1.165) is 30.0 Å². The second-order valence-electron chi connectivity index (χ2n) is 6.89. The van der Waals surface area contributed by atoms with Crippen LogP contribution in [0.5, 0.6) is 0 Å². The third-order valence-corrected chi connectivity index (χ3v) is 5.56. The van der Waals surface area contributed by atoms with Crippen molar-refractivity contribution < 1.29 is 4.79 Å². The fourth-order valence-electron chi connectivity index (χ4n) is 3.75. The van der Waals surface area contributed by atoms with Gasteiger partial charge in [0.1, 0.15) is 0 Å². The lowest BCUT2D eigenvalue weighted by atomic mass is 9.94. The van der Waals surface area contributed by atoms with Crippen LogP contribution in [0.2, 0.25) is 5.02 Å². The zero-order chi connectivity index (χ0) is 17.6. The maximum absolute atomic E-state index is 12.6. The quantitative estimate of drug-likeness (QED) is 0.691. The van der Waals surface area contributed by atoms with Gasteiger partial charge >= 0.3 is 0 Å². The summed E-state index contributed by atoms with van der Waals surface area (Å²) in [4.78, 5) is 14.7. The molecule has 0 aliphatic heterocycles. The first-order valence-electron chi connectivity index (χ1n) is 9.36. The molecule has 3 rings (SSSR count). The number of carbonyl (C=O) groups is 1. The molecule has 1 heterocycles. The molecule has 4 heteroatoms. The van der Waals surface area contributed by atoms with E-state index in [4.69, 9.17) is 11.6 Å². The summed E-state index contributed by atoms with van der Waals surface area (Å²) in [6.45, 7) is 3.39. The van der Waals surface area contributed by atoms with Gasteiger partial charge in [0.25, 0.3) is 0 Å². The molecule has 1 saturated carbocycles. The summed E-state index contributed by atoms with van der Waals surface area (Å²) in [6, 6.07) is 12.5. The molecule has 0 bridgehead atoms. The Kier molecular flexibility index (Phi) is 6.19. The fraction of sp³-hybridized carbons (Fsp3) is 0.476. The summed E-state index contributed by atoms with van der Waals surface area (Å²) in [5.74, 6) is 0.261. The molecule has 1 fully saturated rings. The zero-order valence-electron chi connectivity index (χ0n) is 15.0. The smallest absolute Gasteiger partial charge is 0.222 e. The van der Waals surface area contributed by atoms with E-state index in [1.54, 1.807) is 0 Å². The van der Waals surface area contributed by atoms with Crippen molar-refractivity contribution in [3.63, 3.8) is 0 Å². The number of amides is 1. The summed E-state index contributed by atoms with van der Waals surface area (Å²) in [5, 5.41) is 0.788. The van der Waals surface area contributed by atoms with Crippen LogP contribution in [0.3, 0.4) is 0 Å². The van der Waals surface area contributed by atoms with Gasteiger partial charge in [-0.2, -0.15) is 0 Å². The lowest BCUT2D eigenvalue weighted by Crippen LogP contribution is -2.41. The van der Waals surface area contributed by atoms with E-state index < -0.39 is 0 Å². The highest BCUT2D eigenvalue weighted by Crippen LogP contribution is 2.25. The third kappa shape index (κ3) is 4.46. The standard InChI is InChI=1S/C21H27ClN2O/c1-2-21(25)24(18-10-4-3-5-11-18)16-19-12-8-14-23(19)15-17-9-6-7-13-20(17)22/h6-9,12-14,18H,2-5,10-11,15-16H2,1H3. The van der Waals surface area contributed by atoms with E-state index in [0.29, 0.717) is 19.0 Å². The highest BCUT2D eigenvalue weighted by Gasteiger charge is 2.25. The van der Waals surface area contributed by atoms with Gasteiger partial charge in [-0.15, -0.1) is 0 Å². The van der Waals surface area contributed by atoms with Crippen LogP contribution in [0, 0.1) is 0 Å². The molecule has 0 atom stereocenters. The van der Waals surface area contributed by atoms with Crippen molar-refractivity contribution in [3.8, 4) is 0 Å². The summed E-state index contributed by atoms with van der Waals surface area (Å²) in [7, 11) is 0. The number of rotatable bonds is 6. The minimum absolute atomic E-state index is 0.261. The van der Waals surface area contributed by atoms with Crippen molar-refractivity contribution in [2.45, 2.75) is 64.6 Å². The van der Waals surface area contributed by atoms with Crippen LogP contribution < -0.4 is 0 Å². The van der Waals surface area contributed by atoms with Gasteiger partial charge in [0.2, 0.25) is 5.91 Å². The van der Waals surface area contributed by atoms with Crippen molar-refractivity contribution in [1.82, 2.24) is 9.47 Å². The van der Waals surface area contributed by atoms with Crippen LogP contribution in [0.1, 0.15) is 56.7 Å². The maximum Gasteiger partial charge on any atom is 0.222 e. The van der Waals surface area contributed by atoms with Crippen LogP contribution in [0.4, 0.5) is 0 Å². The largest absolute Gasteiger partial charge is 0.345 e. The number of benzene rings is 1. The number of hydrogen-bond acceptors (Lipinski definition) is 1. The predicted octanol–water partition coefficient (Wildman–Crippen LogP) is 5.26. The van der Waals surface area contributed by atoms with Crippen LogP contribution >= 0.6 is 11.6 Å². The van der Waals surface area contributed by atoms with E-state index in [1.165, 1.54) is 25.0 Å². The monoisotopic (exact) mass is 358 g/mol. The Morgan fingerprint density at radius 3 is 2.64 bits per heavy atom. The average Bonchev–Trinajstić information content (AvgIpc) is 3.08. The van der Waals surface area contributed by atoms with Crippen LogP contribution in [0.15, 0.2) is 42.6 Å². The molecular formula is C21H27ClN2O. The van der Waals surface area contributed by atoms with Crippen LogP contribution in [-0.4, -0.2) is 21.4 Å². The van der Waals surface area contributed by atoms with Gasteiger partial charge in [-0.1, -0.05) is 56.0 Å². The Morgan fingerprint density at radius 1 is 1.16 bits per heavy atom. The third-order valence-electron chi connectivity index (χ3n) is 5.19. The average molecular weight is 359 g/mol. The maximum atomic E-state index is 12.6. The first-order chi connectivity index (χ1) is 12.2. The van der Waals surface area contributed by atoms with Crippen molar-refractivity contribution in [2.75, 3.05) is 0 Å². The van der Waals surface area contributed by atoms with Crippen LogP contribution in [-0.2, 0) is 17.9 Å². The van der Waals surface area contributed by atoms with E-state index in [1.807, 2.05) is 25.1 Å². The fourth-order valence-corrected chi connectivity index (χ4v) is 3.94. The Morgan fingerprint density at radius 2 is 1.92 bits per heavy atom.